The number of anilines is 1. The minimum atomic E-state index is -0.250. The maximum absolute atomic E-state index is 12.2. The minimum Gasteiger partial charge on any atom is -0.494 e. The summed E-state index contributed by atoms with van der Waals surface area (Å²) in [6.07, 6.45) is 0.945. The number of hydrogen-bond acceptors (Lipinski definition) is 3. The number of rotatable bonds is 5. The van der Waals surface area contributed by atoms with Gasteiger partial charge in [0, 0.05) is 11.3 Å². The van der Waals surface area contributed by atoms with Gasteiger partial charge in [-0.05, 0) is 73.9 Å². The Bertz CT molecular complexity index is 727. The monoisotopic (exact) mass is 342 g/mol. The van der Waals surface area contributed by atoms with Gasteiger partial charge in [0.2, 0.25) is 0 Å². The third kappa shape index (κ3) is 5.06. The van der Waals surface area contributed by atoms with Crippen molar-refractivity contribution in [3.8, 4) is 5.75 Å². The van der Waals surface area contributed by atoms with Crippen LogP contribution in [0.2, 0.25) is 0 Å². The maximum atomic E-state index is 12.2. The number of ether oxygens (including phenoxy) is 1. The van der Waals surface area contributed by atoms with Gasteiger partial charge < -0.3 is 10.1 Å². The first-order valence-corrected chi connectivity index (χ1v) is 8.33. The smallest absolute Gasteiger partial charge is 0.257 e. The number of carbonyl (C=O) groups is 1. The number of hydrogen-bond donors (Lipinski definition) is 2. The number of thiocarbonyl (C=S) groups is 1. The van der Waals surface area contributed by atoms with Gasteiger partial charge in [-0.2, -0.15) is 0 Å². The molecule has 0 aromatic heterocycles. The van der Waals surface area contributed by atoms with E-state index >= 15 is 0 Å². The number of aryl methyl sites for hydroxylation is 2. The second kappa shape index (κ2) is 8.45. The molecule has 1 amide bonds. The fourth-order valence-corrected chi connectivity index (χ4v) is 2.32. The quantitative estimate of drug-likeness (QED) is 0.799. The lowest BCUT2D eigenvalue weighted by Gasteiger charge is -2.12. The van der Waals surface area contributed by atoms with E-state index in [4.69, 9.17) is 17.0 Å². The fraction of sp³-hybridized carbons (Fsp3) is 0.263. The van der Waals surface area contributed by atoms with Crippen LogP contribution in [0.25, 0.3) is 0 Å². The molecule has 0 saturated heterocycles. The van der Waals surface area contributed by atoms with E-state index in [0.29, 0.717) is 12.2 Å². The van der Waals surface area contributed by atoms with Crippen LogP contribution in [0, 0.1) is 13.8 Å². The van der Waals surface area contributed by atoms with Crippen LogP contribution in [0.1, 0.15) is 34.8 Å². The Hall–Kier alpha value is -2.40. The summed E-state index contributed by atoms with van der Waals surface area (Å²) in [5.41, 5.74) is 3.61. The Kier molecular flexibility index (Phi) is 6.32. The van der Waals surface area contributed by atoms with Gasteiger partial charge in [0.25, 0.3) is 5.91 Å². The summed E-state index contributed by atoms with van der Waals surface area (Å²) in [7, 11) is 0. The zero-order valence-electron chi connectivity index (χ0n) is 14.2. The average Bonchev–Trinajstić information content (AvgIpc) is 2.56. The van der Waals surface area contributed by atoms with Crippen LogP contribution in [0.3, 0.4) is 0 Å². The molecule has 4 nitrogen and oxygen atoms in total. The summed E-state index contributed by atoms with van der Waals surface area (Å²) < 4.78 is 5.50. The lowest BCUT2D eigenvalue weighted by Crippen LogP contribution is -2.34. The van der Waals surface area contributed by atoms with Gasteiger partial charge in [0.15, 0.2) is 5.11 Å². The van der Waals surface area contributed by atoms with E-state index in [0.717, 1.165) is 29.0 Å². The van der Waals surface area contributed by atoms with Crippen molar-refractivity contribution in [2.24, 2.45) is 0 Å². The standard InChI is InChI=1S/C19H22N2O2S/c1-4-11-23-16-9-7-15(8-10-16)18(22)21-19(24)20-17-12-13(2)5-6-14(17)3/h5-10,12H,4,11H2,1-3H3,(H2,20,21,22,24). The Morgan fingerprint density at radius 1 is 1.12 bits per heavy atom. The highest BCUT2D eigenvalue weighted by atomic mass is 32.1. The van der Waals surface area contributed by atoms with Gasteiger partial charge in [-0.25, -0.2) is 0 Å². The van der Waals surface area contributed by atoms with Crippen molar-refractivity contribution in [1.29, 1.82) is 0 Å². The Morgan fingerprint density at radius 2 is 1.83 bits per heavy atom. The first-order chi connectivity index (χ1) is 11.5. The molecule has 0 aliphatic heterocycles. The third-order valence-corrected chi connectivity index (χ3v) is 3.66. The highest BCUT2D eigenvalue weighted by Crippen LogP contribution is 2.16. The van der Waals surface area contributed by atoms with Crippen molar-refractivity contribution in [2.45, 2.75) is 27.2 Å². The van der Waals surface area contributed by atoms with Crippen molar-refractivity contribution < 1.29 is 9.53 Å². The molecule has 0 aliphatic rings. The van der Waals surface area contributed by atoms with E-state index in [2.05, 4.69) is 10.6 Å². The normalized spacial score (nSPS) is 10.1. The van der Waals surface area contributed by atoms with Crippen LogP contribution in [-0.2, 0) is 0 Å². The first kappa shape index (κ1) is 17.9. The van der Waals surface area contributed by atoms with Crippen molar-refractivity contribution in [2.75, 3.05) is 11.9 Å². The summed E-state index contributed by atoms with van der Waals surface area (Å²) >= 11 is 5.23. The zero-order chi connectivity index (χ0) is 17.5. The van der Waals surface area contributed by atoms with Crippen LogP contribution in [-0.4, -0.2) is 17.6 Å². The Labute approximate surface area is 148 Å². The van der Waals surface area contributed by atoms with Crippen LogP contribution >= 0.6 is 12.2 Å². The predicted molar refractivity (Wildman–Crippen MR) is 102 cm³/mol. The highest BCUT2D eigenvalue weighted by Gasteiger charge is 2.09. The molecule has 0 aliphatic carbocycles. The topological polar surface area (TPSA) is 50.4 Å². The molecule has 0 fully saturated rings. The van der Waals surface area contributed by atoms with Crippen LogP contribution in [0.15, 0.2) is 42.5 Å². The van der Waals surface area contributed by atoms with Crippen molar-refractivity contribution >= 4 is 28.9 Å². The Balaban J connectivity index is 1.96. The van der Waals surface area contributed by atoms with Crippen molar-refractivity contribution in [1.82, 2.24) is 5.32 Å². The summed E-state index contributed by atoms with van der Waals surface area (Å²) in [6.45, 7) is 6.71. The lowest BCUT2D eigenvalue weighted by molar-refractivity contribution is 0.0977. The summed E-state index contributed by atoms with van der Waals surface area (Å²) in [5.74, 6) is 0.504. The second-order valence-corrected chi connectivity index (χ2v) is 6.01. The molecule has 2 rings (SSSR count). The first-order valence-electron chi connectivity index (χ1n) is 7.92. The van der Waals surface area contributed by atoms with Crippen LogP contribution < -0.4 is 15.4 Å². The zero-order valence-corrected chi connectivity index (χ0v) is 15.0. The molecule has 0 unspecified atom stereocenters. The molecule has 0 bridgehead atoms. The fourth-order valence-electron chi connectivity index (χ4n) is 2.12. The van der Waals surface area contributed by atoms with Gasteiger partial charge in [-0.3, -0.25) is 10.1 Å². The Morgan fingerprint density at radius 3 is 2.50 bits per heavy atom. The maximum Gasteiger partial charge on any atom is 0.257 e. The number of carbonyl (C=O) groups excluding carboxylic acids is 1. The summed E-state index contributed by atoms with van der Waals surface area (Å²) in [6, 6.07) is 13.0. The van der Waals surface area contributed by atoms with Crippen LogP contribution in [0.4, 0.5) is 5.69 Å². The van der Waals surface area contributed by atoms with E-state index in [1.807, 2.05) is 39.0 Å². The van der Waals surface area contributed by atoms with Gasteiger partial charge in [-0.1, -0.05) is 19.1 Å². The van der Waals surface area contributed by atoms with E-state index in [1.54, 1.807) is 24.3 Å². The van der Waals surface area contributed by atoms with Crippen molar-refractivity contribution in [3.63, 3.8) is 0 Å². The second-order valence-electron chi connectivity index (χ2n) is 5.60. The van der Waals surface area contributed by atoms with E-state index in [1.165, 1.54) is 0 Å². The summed E-state index contributed by atoms with van der Waals surface area (Å²) in [5, 5.41) is 6.04. The number of nitrogens with one attached hydrogen (secondary N) is 2. The van der Waals surface area contributed by atoms with E-state index < -0.39 is 0 Å². The van der Waals surface area contributed by atoms with Crippen molar-refractivity contribution in [3.05, 3.63) is 59.2 Å². The molecule has 2 aromatic carbocycles. The third-order valence-electron chi connectivity index (χ3n) is 3.46. The molecule has 24 heavy (non-hydrogen) atoms. The minimum absolute atomic E-state index is 0.250. The van der Waals surface area contributed by atoms with Gasteiger partial charge in [0.1, 0.15) is 5.75 Å². The largest absolute Gasteiger partial charge is 0.494 e. The molecular weight excluding hydrogens is 320 g/mol. The SMILES string of the molecule is CCCOc1ccc(C(=O)NC(=S)Nc2cc(C)ccc2C)cc1. The molecule has 0 spiro atoms. The number of amides is 1. The summed E-state index contributed by atoms with van der Waals surface area (Å²) in [4.78, 5) is 12.2. The van der Waals surface area contributed by atoms with E-state index in [-0.39, 0.29) is 11.0 Å². The van der Waals surface area contributed by atoms with Gasteiger partial charge >= 0.3 is 0 Å². The lowest BCUT2D eigenvalue weighted by atomic mass is 10.1. The molecule has 0 saturated carbocycles. The molecule has 0 atom stereocenters. The molecule has 126 valence electrons. The molecule has 2 N–H and O–H groups in total. The molecule has 0 heterocycles. The predicted octanol–water partition coefficient (Wildman–Crippen LogP) is 4.22. The van der Waals surface area contributed by atoms with E-state index in [9.17, 15) is 4.79 Å². The average molecular weight is 342 g/mol. The molecule has 0 radical (unpaired) electrons. The van der Waals surface area contributed by atoms with Gasteiger partial charge in [0.05, 0.1) is 6.61 Å². The molecule has 2 aromatic rings. The molecular formula is C19H22N2O2S. The highest BCUT2D eigenvalue weighted by molar-refractivity contribution is 7.80. The number of benzene rings is 2. The molecule has 5 heteroatoms. The van der Waals surface area contributed by atoms with Crippen LogP contribution in [0.5, 0.6) is 5.75 Å². The van der Waals surface area contributed by atoms with Gasteiger partial charge in [-0.15, -0.1) is 0 Å².